The number of aliphatic carboxylic acids is 1. The SMILES string of the molecule is CC12CCC(CC1)C(N)C2C(=O)O. The Hall–Kier alpha value is -0.570. The van der Waals surface area contributed by atoms with E-state index in [-0.39, 0.29) is 17.4 Å². The van der Waals surface area contributed by atoms with Crippen LogP contribution in [0.3, 0.4) is 0 Å². The van der Waals surface area contributed by atoms with E-state index in [2.05, 4.69) is 6.92 Å². The number of carboxylic acids is 1. The second-order valence-electron chi connectivity index (χ2n) is 4.88. The summed E-state index contributed by atoms with van der Waals surface area (Å²) in [6.45, 7) is 2.08. The van der Waals surface area contributed by atoms with E-state index in [0.29, 0.717) is 5.92 Å². The highest BCUT2D eigenvalue weighted by Gasteiger charge is 2.52. The van der Waals surface area contributed by atoms with Gasteiger partial charge in [-0.15, -0.1) is 0 Å². The molecular weight excluding hydrogens is 166 g/mol. The van der Waals surface area contributed by atoms with E-state index in [1.807, 2.05) is 0 Å². The normalized spacial score (nSPS) is 49.2. The van der Waals surface area contributed by atoms with Gasteiger partial charge >= 0.3 is 5.97 Å². The van der Waals surface area contributed by atoms with Crippen LogP contribution in [0.4, 0.5) is 0 Å². The summed E-state index contributed by atoms with van der Waals surface area (Å²) in [5, 5.41) is 9.12. The molecule has 0 amide bonds. The zero-order valence-corrected chi connectivity index (χ0v) is 7.99. The molecule has 2 atom stereocenters. The first-order valence-electron chi connectivity index (χ1n) is 5.03. The van der Waals surface area contributed by atoms with Gasteiger partial charge in [-0.3, -0.25) is 4.79 Å². The average molecular weight is 183 g/mol. The van der Waals surface area contributed by atoms with Crippen molar-refractivity contribution >= 4 is 5.97 Å². The Kier molecular flexibility index (Phi) is 1.88. The fourth-order valence-corrected chi connectivity index (χ4v) is 3.20. The zero-order valence-electron chi connectivity index (χ0n) is 7.99. The quantitative estimate of drug-likeness (QED) is 0.642. The van der Waals surface area contributed by atoms with Gasteiger partial charge in [-0.05, 0) is 37.0 Å². The molecule has 0 heterocycles. The van der Waals surface area contributed by atoms with Crippen LogP contribution in [0.2, 0.25) is 0 Å². The minimum atomic E-state index is -0.695. The van der Waals surface area contributed by atoms with Crippen LogP contribution < -0.4 is 5.73 Å². The lowest BCUT2D eigenvalue weighted by atomic mass is 9.54. The topological polar surface area (TPSA) is 63.3 Å². The van der Waals surface area contributed by atoms with Gasteiger partial charge in [0.25, 0.3) is 0 Å². The monoisotopic (exact) mass is 183 g/mol. The maximum Gasteiger partial charge on any atom is 0.308 e. The van der Waals surface area contributed by atoms with Gasteiger partial charge in [0.15, 0.2) is 0 Å². The predicted molar refractivity (Wildman–Crippen MR) is 49.2 cm³/mol. The molecule has 13 heavy (non-hydrogen) atoms. The van der Waals surface area contributed by atoms with Crippen LogP contribution in [0.15, 0.2) is 0 Å². The average Bonchev–Trinajstić information content (AvgIpc) is 2.03. The summed E-state index contributed by atoms with van der Waals surface area (Å²) in [5.74, 6) is -0.540. The van der Waals surface area contributed by atoms with Gasteiger partial charge in [0.1, 0.15) is 0 Å². The predicted octanol–water partition coefficient (Wildman–Crippen LogP) is 1.22. The lowest BCUT2D eigenvalue weighted by molar-refractivity contribution is -0.154. The van der Waals surface area contributed by atoms with Gasteiger partial charge < -0.3 is 10.8 Å². The molecule has 0 aromatic heterocycles. The van der Waals surface area contributed by atoms with E-state index in [1.54, 1.807) is 0 Å². The number of fused-ring (bicyclic) bond motifs is 3. The Labute approximate surface area is 78.3 Å². The molecule has 3 saturated carbocycles. The minimum absolute atomic E-state index is 0.0278. The van der Waals surface area contributed by atoms with Gasteiger partial charge in [0.2, 0.25) is 0 Å². The minimum Gasteiger partial charge on any atom is -0.481 e. The third kappa shape index (κ3) is 1.17. The van der Waals surface area contributed by atoms with Crippen molar-refractivity contribution in [2.45, 2.75) is 38.6 Å². The third-order valence-corrected chi connectivity index (χ3v) is 4.12. The molecule has 0 aromatic carbocycles. The molecule has 0 radical (unpaired) electrons. The Morgan fingerprint density at radius 2 is 2.00 bits per heavy atom. The van der Waals surface area contributed by atoms with Gasteiger partial charge in [-0.1, -0.05) is 6.92 Å². The Morgan fingerprint density at radius 3 is 2.31 bits per heavy atom. The summed E-state index contributed by atoms with van der Waals surface area (Å²) in [6.07, 6.45) is 4.34. The van der Waals surface area contributed by atoms with Crippen molar-refractivity contribution in [2.75, 3.05) is 0 Å². The van der Waals surface area contributed by atoms with E-state index in [4.69, 9.17) is 10.8 Å². The van der Waals surface area contributed by atoms with Crippen molar-refractivity contribution in [3.8, 4) is 0 Å². The number of nitrogens with two attached hydrogens (primary N) is 1. The van der Waals surface area contributed by atoms with Crippen LogP contribution in [-0.2, 0) is 4.79 Å². The first-order chi connectivity index (χ1) is 6.04. The van der Waals surface area contributed by atoms with Crippen LogP contribution in [0.1, 0.15) is 32.6 Å². The van der Waals surface area contributed by atoms with Crippen LogP contribution >= 0.6 is 0 Å². The summed E-state index contributed by atoms with van der Waals surface area (Å²) in [6, 6.07) is -0.106. The highest BCUT2D eigenvalue weighted by Crippen LogP contribution is 2.52. The molecule has 3 N–H and O–H groups in total. The fraction of sp³-hybridized carbons (Fsp3) is 0.900. The maximum atomic E-state index is 11.1. The molecule has 2 unspecified atom stereocenters. The molecule has 3 fully saturated rings. The fourth-order valence-electron chi connectivity index (χ4n) is 3.20. The Balaban J connectivity index is 2.29. The molecule has 3 rings (SSSR count). The molecular formula is C10H17NO2. The standard InChI is InChI=1S/C10H17NO2/c1-10-4-2-6(3-5-10)8(11)7(10)9(12)13/h6-8H,2-5,11H2,1H3,(H,12,13). The van der Waals surface area contributed by atoms with Gasteiger partial charge in [-0.25, -0.2) is 0 Å². The van der Waals surface area contributed by atoms with Crippen molar-refractivity contribution in [1.82, 2.24) is 0 Å². The van der Waals surface area contributed by atoms with Crippen LogP contribution in [0.25, 0.3) is 0 Å². The molecule has 0 aromatic rings. The van der Waals surface area contributed by atoms with Crippen molar-refractivity contribution < 1.29 is 9.90 Å². The van der Waals surface area contributed by atoms with Gasteiger partial charge in [0, 0.05) is 6.04 Å². The van der Waals surface area contributed by atoms with Crippen molar-refractivity contribution in [3.05, 3.63) is 0 Å². The maximum absolute atomic E-state index is 11.1. The van der Waals surface area contributed by atoms with E-state index in [0.717, 1.165) is 25.7 Å². The number of carbonyl (C=O) groups is 1. The van der Waals surface area contributed by atoms with Crippen molar-refractivity contribution in [1.29, 1.82) is 0 Å². The molecule has 3 heteroatoms. The summed E-state index contributed by atoms with van der Waals surface area (Å²) in [5.41, 5.74) is 5.94. The van der Waals surface area contributed by atoms with Gasteiger partial charge in [-0.2, -0.15) is 0 Å². The van der Waals surface area contributed by atoms with E-state index >= 15 is 0 Å². The smallest absolute Gasteiger partial charge is 0.308 e. The van der Waals surface area contributed by atoms with Crippen molar-refractivity contribution in [2.24, 2.45) is 23.0 Å². The number of rotatable bonds is 1. The van der Waals surface area contributed by atoms with Crippen LogP contribution in [0, 0.1) is 17.3 Å². The number of hydrogen-bond acceptors (Lipinski definition) is 2. The van der Waals surface area contributed by atoms with E-state index in [9.17, 15) is 4.79 Å². The molecule has 0 saturated heterocycles. The molecule has 2 bridgehead atoms. The highest BCUT2D eigenvalue weighted by molar-refractivity contribution is 5.72. The lowest BCUT2D eigenvalue weighted by Crippen LogP contribution is -2.57. The first kappa shape index (κ1) is 9.00. The number of hydrogen-bond donors (Lipinski definition) is 2. The highest BCUT2D eigenvalue weighted by atomic mass is 16.4. The summed E-state index contributed by atoms with van der Waals surface area (Å²) >= 11 is 0. The van der Waals surface area contributed by atoms with E-state index in [1.165, 1.54) is 0 Å². The summed E-state index contributed by atoms with van der Waals surface area (Å²) in [4.78, 5) is 11.1. The molecule has 74 valence electrons. The molecule has 3 nitrogen and oxygen atoms in total. The van der Waals surface area contributed by atoms with Gasteiger partial charge in [0.05, 0.1) is 5.92 Å². The molecule has 3 aliphatic carbocycles. The van der Waals surface area contributed by atoms with Crippen molar-refractivity contribution in [3.63, 3.8) is 0 Å². The summed E-state index contributed by atoms with van der Waals surface area (Å²) < 4.78 is 0. The lowest BCUT2D eigenvalue weighted by Gasteiger charge is -2.52. The van der Waals surface area contributed by atoms with Crippen LogP contribution in [0.5, 0.6) is 0 Å². The second kappa shape index (κ2) is 2.71. The molecule has 0 aliphatic heterocycles. The van der Waals surface area contributed by atoms with Crippen LogP contribution in [-0.4, -0.2) is 17.1 Å². The zero-order chi connectivity index (χ0) is 9.64. The summed E-state index contributed by atoms with van der Waals surface area (Å²) in [7, 11) is 0. The molecule has 0 spiro atoms. The van der Waals surface area contributed by atoms with E-state index < -0.39 is 5.97 Å². The second-order valence-corrected chi connectivity index (χ2v) is 4.88. The Morgan fingerprint density at radius 1 is 1.46 bits per heavy atom. The first-order valence-corrected chi connectivity index (χ1v) is 5.03. The number of carboxylic acid groups (broad SMARTS) is 1. The largest absolute Gasteiger partial charge is 0.481 e. The Bertz CT molecular complexity index is 231. The molecule has 3 aliphatic rings. The third-order valence-electron chi connectivity index (χ3n) is 4.12.